The van der Waals surface area contributed by atoms with Gasteiger partial charge in [-0.1, -0.05) is 13.8 Å². The molecule has 28 heavy (non-hydrogen) atoms. The van der Waals surface area contributed by atoms with Crippen LogP contribution in [0.5, 0.6) is 0 Å². The second-order valence-corrected chi connectivity index (χ2v) is 10.3. The lowest BCUT2D eigenvalue weighted by molar-refractivity contribution is -0.142. The van der Waals surface area contributed by atoms with E-state index in [2.05, 4.69) is 33.0 Å². The first kappa shape index (κ1) is 20.0. The number of hydrogen-bond donors (Lipinski definition) is 1. The molecule has 4 aliphatic rings. The van der Waals surface area contributed by atoms with Crippen molar-refractivity contribution >= 4 is 11.7 Å². The fourth-order valence-electron chi connectivity index (χ4n) is 7.70. The molecule has 2 saturated carbocycles. The first-order chi connectivity index (χ1) is 13.3. The van der Waals surface area contributed by atoms with Crippen molar-refractivity contribution in [1.82, 2.24) is 10.2 Å². The molecule has 0 radical (unpaired) electrons. The van der Waals surface area contributed by atoms with E-state index in [-0.39, 0.29) is 16.7 Å². The smallest absolute Gasteiger partial charge is 0.226 e. The number of allylic oxidation sites excluding steroid dienone is 2. The molecule has 4 heteroatoms. The fraction of sp³-hybridized carbons (Fsp3) is 0.833. The lowest BCUT2D eigenvalue weighted by Crippen LogP contribution is -2.57. The van der Waals surface area contributed by atoms with Crippen LogP contribution in [0, 0.1) is 34.5 Å². The first-order valence-corrected chi connectivity index (χ1v) is 11.5. The molecule has 4 nitrogen and oxygen atoms in total. The molecule has 1 aliphatic heterocycles. The third-order valence-electron chi connectivity index (χ3n) is 9.38. The number of ketones is 1. The van der Waals surface area contributed by atoms with E-state index in [0.717, 1.165) is 44.5 Å². The van der Waals surface area contributed by atoms with Gasteiger partial charge in [-0.15, -0.1) is 0 Å². The number of nitrogens with zero attached hydrogens (tertiary/aromatic N) is 1. The fourth-order valence-corrected chi connectivity index (χ4v) is 7.70. The number of carbonyl (C=O) groups is 2. The van der Waals surface area contributed by atoms with Crippen LogP contribution >= 0.6 is 0 Å². The van der Waals surface area contributed by atoms with Crippen molar-refractivity contribution in [3.05, 3.63) is 11.3 Å². The van der Waals surface area contributed by atoms with E-state index < -0.39 is 0 Å². The molecule has 0 aromatic carbocycles. The van der Waals surface area contributed by atoms with Gasteiger partial charge in [-0.25, -0.2) is 0 Å². The predicted octanol–water partition coefficient (Wildman–Crippen LogP) is 4.16. The minimum absolute atomic E-state index is 0.114. The quantitative estimate of drug-likeness (QED) is 0.792. The number of nitrogens with one attached hydrogen (secondary N) is 1. The molecule has 3 aliphatic carbocycles. The van der Waals surface area contributed by atoms with Gasteiger partial charge in [-0.05, 0) is 76.0 Å². The van der Waals surface area contributed by atoms with Gasteiger partial charge in [-0.3, -0.25) is 9.59 Å². The summed E-state index contributed by atoms with van der Waals surface area (Å²) in [5, 5.41) is 3.72. The largest absolute Gasteiger partial charge is 0.387 e. The van der Waals surface area contributed by atoms with Crippen molar-refractivity contribution in [2.45, 2.75) is 73.1 Å². The second kappa shape index (κ2) is 6.88. The zero-order valence-electron chi connectivity index (χ0n) is 18.4. The Balaban J connectivity index is 1.62. The highest BCUT2D eigenvalue weighted by molar-refractivity contribution is 5.96. The van der Waals surface area contributed by atoms with Crippen molar-refractivity contribution in [1.29, 1.82) is 0 Å². The molecule has 0 spiro atoms. The number of Topliss-reactive ketones (excluding diaryl/α,β-unsaturated/α-hetero) is 1. The molecule has 1 saturated heterocycles. The maximum absolute atomic E-state index is 13.3. The normalized spacial score (nSPS) is 42.4. The van der Waals surface area contributed by atoms with Gasteiger partial charge in [0, 0.05) is 48.7 Å². The Morgan fingerprint density at radius 3 is 2.50 bits per heavy atom. The van der Waals surface area contributed by atoms with Crippen molar-refractivity contribution in [2.75, 3.05) is 19.6 Å². The Labute approximate surface area is 170 Å². The molecule has 1 heterocycles. The third-order valence-corrected chi connectivity index (χ3v) is 9.38. The van der Waals surface area contributed by atoms with E-state index >= 15 is 0 Å². The molecule has 4 rings (SSSR count). The minimum atomic E-state index is 0.114. The highest BCUT2D eigenvalue weighted by atomic mass is 16.2. The van der Waals surface area contributed by atoms with Gasteiger partial charge >= 0.3 is 0 Å². The maximum Gasteiger partial charge on any atom is 0.226 e. The first-order valence-electron chi connectivity index (χ1n) is 11.5. The summed E-state index contributed by atoms with van der Waals surface area (Å²) in [6.07, 6.45) is 6.27. The molecule has 6 atom stereocenters. The molecular formula is C24H38N2O2. The van der Waals surface area contributed by atoms with Crippen LogP contribution in [0.3, 0.4) is 0 Å². The van der Waals surface area contributed by atoms with Gasteiger partial charge in [0.15, 0.2) is 5.78 Å². The lowest BCUT2D eigenvalue weighted by Gasteiger charge is -2.58. The van der Waals surface area contributed by atoms with Crippen molar-refractivity contribution in [3.63, 3.8) is 0 Å². The molecule has 0 aromatic rings. The van der Waals surface area contributed by atoms with E-state index in [1.807, 2.05) is 11.8 Å². The summed E-state index contributed by atoms with van der Waals surface area (Å²) in [5.74, 6) is 2.81. The molecule has 156 valence electrons. The van der Waals surface area contributed by atoms with Crippen LogP contribution in [0.15, 0.2) is 11.3 Å². The molecular weight excluding hydrogens is 348 g/mol. The van der Waals surface area contributed by atoms with Gasteiger partial charge in [0.05, 0.1) is 0 Å². The van der Waals surface area contributed by atoms with Gasteiger partial charge in [0.2, 0.25) is 5.91 Å². The number of piperidine rings is 1. The Hall–Kier alpha value is -1.32. The number of carbonyl (C=O) groups excluding carboxylic acids is 2. The van der Waals surface area contributed by atoms with Crippen LogP contribution in [-0.2, 0) is 9.59 Å². The third kappa shape index (κ3) is 2.62. The van der Waals surface area contributed by atoms with Crippen LogP contribution in [0.2, 0.25) is 0 Å². The molecule has 0 bridgehead atoms. The van der Waals surface area contributed by atoms with Crippen LogP contribution in [0.4, 0.5) is 0 Å². The van der Waals surface area contributed by atoms with Crippen LogP contribution in [0.25, 0.3) is 0 Å². The summed E-state index contributed by atoms with van der Waals surface area (Å²) in [4.78, 5) is 27.6. The van der Waals surface area contributed by atoms with Gasteiger partial charge in [0.25, 0.3) is 0 Å². The topological polar surface area (TPSA) is 49.4 Å². The highest BCUT2D eigenvalue weighted by Crippen LogP contribution is 2.64. The van der Waals surface area contributed by atoms with Crippen molar-refractivity contribution < 1.29 is 9.59 Å². The van der Waals surface area contributed by atoms with Gasteiger partial charge < -0.3 is 10.2 Å². The van der Waals surface area contributed by atoms with Crippen molar-refractivity contribution in [2.24, 2.45) is 34.5 Å². The molecule has 3 fully saturated rings. The summed E-state index contributed by atoms with van der Waals surface area (Å²) >= 11 is 0. The van der Waals surface area contributed by atoms with Gasteiger partial charge in [-0.2, -0.15) is 0 Å². The minimum Gasteiger partial charge on any atom is -0.387 e. The van der Waals surface area contributed by atoms with Crippen molar-refractivity contribution in [3.8, 4) is 0 Å². The Bertz CT molecular complexity index is 709. The Morgan fingerprint density at radius 1 is 1.11 bits per heavy atom. The molecule has 3 unspecified atom stereocenters. The number of amides is 1. The summed E-state index contributed by atoms with van der Waals surface area (Å²) in [5.41, 5.74) is 2.46. The van der Waals surface area contributed by atoms with Crippen LogP contribution in [0.1, 0.15) is 73.1 Å². The summed E-state index contributed by atoms with van der Waals surface area (Å²) < 4.78 is 0. The Morgan fingerprint density at radius 2 is 1.82 bits per heavy atom. The molecule has 0 aromatic heterocycles. The lowest BCUT2D eigenvalue weighted by atomic mass is 9.49. The van der Waals surface area contributed by atoms with E-state index in [9.17, 15) is 9.59 Å². The van der Waals surface area contributed by atoms with E-state index in [1.165, 1.54) is 18.5 Å². The average molecular weight is 387 g/mol. The monoisotopic (exact) mass is 386 g/mol. The number of fused-ring (bicyclic) bond motifs is 5. The zero-order valence-corrected chi connectivity index (χ0v) is 18.4. The van der Waals surface area contributed by atoms with E-state index in [0.29, 0.717) is 35.9 Å². The van der Waals surface area contributed by atoms with Gasteiger partial charge in [0.1, 0.15) is 0 Å². The molecule has 1 amide bonds. The Kier molecular flexibility index (Phi) is 4.91. The summed E-state index contributed by atoms with van der Waals surface area (Å²) in [6, 6.07) is 0. The number of rotatable bonds is 3. The van der Waals surface area contributed by atoms with E-state index in [4.69, 9.17) is 0 Å². The highest BCUT2D eigenvalue weighted by Gasteiger charge is 2.61. The summed E-state index contributed by atoms with van der Waals surface area (Å²) in [6.45, 7) is 13.6. The predicted molar refractivity (Wildman–Crippen MR) is 112 cm³/mol. The maximum atomic E-state index is 13.3. The van der Waals surface area contributed by atoms with E-state index in [1.54, 1.807) is 0 Å². The summed E-state index contributed by atoms with van der Waals surface area (Å²) in [7, 11) is 0. The average Bonchev–Trinajstić information content (AvgIpc) is 3.03. The zero-order chi connectivity index (χ0) is 20.3. The SMILES string of the molecule is CCN(CC)C(=O)[C@H]1CCC2C3CNC4=C(C)C(=O)CC[C@]4(C)C3CC[C@@]21C. The standard InChI is InChI=1S/C24H38N2O2/c1-6-26(7-2)22(28)19-9-8-17-16-14-25-21-15(3)20(27)11-13-24(21,5)18(16)10-12-23(17,19)4/h16-19,25H,6-14H2,1-5H3/t16?,17?,18?,19-,23+,24-/m1/s1. The van der Waals surface area contributed by atoms with Crippen LogP contribution < -0.4 is 5.32 Å². The molecule has 1 N–H and O–H groups in total. The second-order valence-electron chi connectivity index (χ2n) is 10.3. The van der Waals surface area contributed by atoms with Crippen LogP contribution in [-0.4, -0.2) is 36.2 Å². The number of hydrogen-bond acceptors (Lipinski definition) is 3.